The van der Waals surface area contributed by atoms with E-state index in [0.717, 1.165) is 32.4 Å². The molecule has 0 aromatic heterocycles. The topological polar surface area (TPSA) is 49.8 Å². The first-order valence-corrected chi connectivity index (χ1v) is 5.26. The van der Waals surface area contributed by atoms with E-state index in [-0.39, 0.29) is 18.2 Å². The Morgan fingerprint density at radius 3 is 2.93 bits per heavy atom. The zero-order valence-electron chi connectivity index (χ0n) is 8.48. The first-order valence-electron chi connectivity index (χ1n) is 5.26. The molecule has 0 amide bonds. The maximum Gasteiger partial charge on any atom is 0.302 e. The summed E-state index contributed by atoms with van der Waals surface area (Å²) in [5, 5.41) is 9.47. The number of rotatable bonds is 1. The molecule has 14 heavy (non-hydrogen) atoms. The summed E-state index contributed by atoms with van der Waals surface area (Å²) in [6.45, 7) is 3.14. The van der Waals surface area contributed by atoms with E-state index >= 15 is 0 Å². The van der Waals surface area contributed by atoms with Crippen LogP contribution >= 0.6 is 0 Å². The second-order valence-electron chi connectivity index (χ2n) is 4.23. The summed E-state index contributed by atoms with van der Waals surface area (Å²) in [7, 11) is 0. The van der Waals surface area contributed by atoms with Gasteiger partial charge in [0.2, 0.25) is 0 Å². The van der Waals surface area contributed by atoms with Gasteiger partial charge >= 0.3 is 5.97 Å². The highest BCUT2D eigenvalue weighted by Crippen LogP contribution is 2.29. The fourth-order valence-corrected chi connectivity index (χ4v) is 2.56. The molecule has 1 N–H and O–H groups in total. The number of hydrogen-bond acceptors (Lipinski definition) is 4. The number of carbonyl (C=O) groups is 1. The lowest BCUT2D eigenvalue weighted by atomic mass is 9.99. The lowest BCUT2D eigenvalue weighted by molar-refractivity contribution is -0.148. The van der Waals surface area contributed by atoms with Gasteiger partial charge in [-0.3, -0.25) is 9.69 Å². The van der Waals surface area contributed by atoms with E-state index < -0.39 is 0 Å². The van der Waals surface area contributed by atoms with E-state index in [9.17, 15) is 9.90 Å². The third-order valence-corrected chi connectivity index (χ3v) is 3.16. The van der Waals surface area contributed by atoms with E-state index in [4.69, 9.17) is 4.74 Å². The lowest BCUT2D eigenvalue weighted by Crippen LogP contribution is -2.45. The summed E-state index contributed by atoms with van der Waals surface area (Å²) in [5.74, 6) is -0.192. The van der Waals surface area contributed by atoms with Crippen LogP contribution in [0.1, 0.15) is 26.2 Å². The Bertz CT molecular complexity index is 231. The molecule has 4 nitrogen and oxygen atoms in total. The molecular formula is C10H17NO3. The molecule has 2 heterocycles. The van der Waals surface area contributed by atoms with Gasteiger partial charge in [0.25, 0.3) is 0 Å². The van der Waals surface area contributed by atoms with E-state index in [1.807, 2.05) is 0 Å². The van der Waals surface area contributed by atoms with Crippen molar-refractivity contribution in [3.05, 3.63) is 0 Å². The quantitative estimate of drug-likeness (QED) is 0.611. The number of esters is 1. The van der Waals surface area contributed by atoms with Crippen molar-refractivity contribution >= 4 is 5.97 Å². The van der Waals surface area contributed by atoms with Crippen molar-refractivity contribution in [1.82, 2.24) is 4.90 Å². The first kappa shape index (κ1) is 9.93. The van der Waals surface area contributed by atoms with Crippen molar-refractivity contribution in [3.8, 4) is 0 Å². The van der Waals surface area contributed by atoms with Crippen molar-refractivity contribution in [2.75, 3.05) is 13.1 Å². The lowest BCUT2D eigenvalue weighted by Gasteiger charge is -2.34. The number of aliphatic hydroxyl groups is 1. The largest absolute Gasteiger partial charge is 0.461 e. The number of nitrogens with zero attached hydrogens (tertiary/aromatic N) is 1. The molecule has 2 saturated heterocycles. The molecular weight excluding hydrogens is 182 g/mol. The van der Waals surface area contributed by atoms with Gasteiger partial charge in [0.15, 0.2) is 0 Å². The Labute approximate surface area is 83.8 Å². The molecule has 3 atom stereocenters. The van der Waals surface area contributed by atoms with Crippen LogP contribution in [0.25, 0.3) is 0 Å². The number of ether oxygens (including phenoxy) is 1. The third kappa shape index (κ3) is 1.91. The molecule has 2 aliphatic heterocycles. The SMILES string of the molecule is CC(=O)O[C@H]1CCN2C[C@H](O)CC[C@@H]12. The van der Waals surface area contributed by atoms with Crippen molar-refractivity contribution < 1.29 is 14.6 Å². The van der Waals surface area contributed by atoms with Crippen LogP contribution in [0.2, 0.25) is 0 Å². The van der Waals surface area contributed by atoms with Gasteiger partial charge in [-0.05, 0) is 19.3 Å². The maximum atomic E-state index is 10.8. The Hall–Kier alpha value is -0.610. The van der Waals surface area contributed by atoms with Gasteiger partial charge < -0.3 is 9.84 Å². The Kier molecular flexibility index (Phi) is 2.74. The van der Waals surface area contributed by atoms with Crippen molar-refractivity contribution in [3.63, 3.8) is 0 Å². The average Bonchev–Trinajstić information content (AvgIpc) is 2.47. The second kappa shape index (κ2) is 3.87. The third-order valence-electron chi connectivity index (χ3n) is 3.16. The summed E-state index contributed by atoms with van der Waals surface area (Å²) >= 11 is 0. The smallest absolute Gasteiger partial charge is 0.302 e. The van der Waals surface area contributed by atoms with Crippen LogP contribution in [-0.4, -0.2) is 47.3 Å². The molecule has 0 unspecified atom stereocenters. The zero-order valence-corrected chi connectivity index (χ0v) is 8.48. The van der Waals surface area contributed by atoms with Crippen LogP contribution in [0.4, 0.5) is 0 Å². The van der Waals surface area contributed by atoms with E-state index in [0.29, 0.717) is 6.04 Å². The van der Waals surface area contributed by atoms with Gasteiger partial charge in [-0.1, -0.05) is 0 Å². The molecule has 0 bridgehead atoms. The highest BCUT2D eigenvalue weighted by molar-refractivity contribution is 5.66. The van der Waals surface area contributed by atoms with Crippen LogP contribution in [-0.2, 0) is 9.53 Å². The molecule has 80 valence electrons. The molecule has 0 aromatic carbocycles. The minimum absolute atomic E-state index is 0.0556. The molecule has 0 radical (unpaired) electrons. The molecule has 0 aliphatic carbocycles. The van der Waals surface area contributed by atoms with Crippen molar-refractivity contribution in [2.24, 2.45) is 0 Å². The van der Waals surface area contributed by atoms with Crippen LogP contribution in [0.5, 0.6) is 0 Å². The van der Waals surface area contributed by atoms with Crippen LogP contribution in [0, 0.1) is 0 Å². The van der Waals surface area contributed by atoms with Gasteiger partial charge in [0.05, 0.1) is 6.10 Å². The Morgan fingerprint density at radius 2 is 2.21 bits per heavy atom. The number of piperidine rings is 1. The Balaban J connectivity index is 1.95. The predicted molar refractivity (Wildman–Crippen MR) is 50.8 cm³/mol. The molecule has 0 spiro atoms. The molecule has 2 rings (SSSR count). The highest BCUT2D eigenvalue weighted by atomic mass is 16.5. The number of hydrogen-bond donors (Lipinski definition) is 1. The van der Waals surface area contributed by atoms with Crippen LogP contribution in [0.15, 0.2) is 0 Å². The van der Waals surface area contributed by atoms with Crippen LogP contribution in [0.3, 0.4) is 0 Å². The van der Waals surface area contributed by atoms with Crippen molar-refractivity contribution in [2.45, 2.75) is 44.4 Å². The Morgan fingerprint density at radius 1 is 1.43 bits per heavy atom. The van der Waals surface area contributed by atoms with Gasteiger partial charge in [0, 0.05) is 26.1 Å². The summed E-state index contributed by atoms with van der Waals surface area (Å²) in [6, 6.07) is 0.349. The summed E-state index contributed by atoms with van der Waals surface area (Å²) < 4.78 is 5.25. The molecule has 4 heteroatoms. The number of carbonyl (C=O) groups excluding carboxylic acids is 1. The minimum Gasteiger partial charge on any atom is -0.461 e. The highest BCUT2D eigenvalue weighted by Gasteiger charge is 2.39. The fourth-order valence-electron chi connectivity index (χ4n) is 2.56. The molecule has 0 aromatic rings. The number of aliphatic hydroxyl groups excluding tert-OH is 1. The monoisotopic (exact) mass is 199 g/mol. The van der Waals surface area contributed by atoms with E-state index in [2.05, 4.69) is 4.90 Å². The standard InChI is InChI=1S/C10H17NO3/c1-7(12)14-10-4-5-11-6-8(13)2-3-9(10)11/h8-10,13H,2-6H2,1H3/t8-,9+,10+/m1/s1. The first-order chi connectivity index (χ1) is 6.66. The molecule has 2 fully saturated rings. The number of fused-ring (bicyclic) bond motifs is 1. The molecule has 2 aliphatic rings. The van der Waals surface area contributed by atoms with E-state index in [1.165, 1.54) is 6.92 Å². The summed E-state index contributed by atoms with van der Waals surface area (Å²) in [4.78, 5) is 13.1. The minimum atomic E-state index is -0.192. The molecule has 0 saturated carbocycles. The predicted octanol–water partition coefficient (Wildman–Crippen LogP) is 0.147. The summed E-state index contributed by atoms with van der Waals surface area (Å²) in [6.07, 6.45) is 2.55. The summed E-state index contributed by atoms with van der Waals surface area (Å²) in [5.41, 5.74) is 0. The zero-order chi connectivity index (χ0) is 10.1. The second-order valence-corrected chi connectivity index (χ2v) is 4.23. The van der Waals surface area contributed by atoms with Gasteiger partial charge in [-0.25, -0.2) is 0 Å². The van der Waals surface area contributed by atoms with Gasteiger partial charge in [-0.15, -0.1) is 0 Å². The van der Waals surface area contributed by atoms with Gasteiger partial charge in [0.1, 0.15) is 6.10 Å². The van der Waals surface area contributed by atoms with Crippen molar-refractivity contribution in [1.29, 1.82) is 0 Å². The average molecular weight is 199 g/mol. The van der Waals surface area contributed by atoms with E-state index in [1.54, 1.807) is 0 Å². The van der Waals surface area contributed by atoms with Gasteiger partial charge in [-0.2, -0.15) is 0 Å². The van der Waals surface area contributed by atoms with Crippen LogP contribution < -0.4 is 0 Å². The maximum absolute atomic E-state index is 10.8. The fraction of sp³-hybridized carbons (Fsp3) is 0.900. The normalized spacial score (nSPS) is 38.0.